The van der Waals surface area contributed by atoms with E-state index in [-0.39, 0.29) is 5.91 Å². The van der Waals surface area contributed by atoms with Crippen LogP contribution in [0.5, 0.6) is 0 Å². The van der Waals surface area contributed by atoms with E-state index in [4.69, 9.17) is 0 Å². The van der Waals surface area contributed by atoms with Crippen molar-refractivity contribution in [1.29, 1.82) is 0 Å². The summed E-state index contributed by atoms with van der Waals surface area (Å²) in [7, 11) is 0. The molecular formula is C20H18N4O. The van der Waals surface area contributed by atoms with Gasteiger partial charge in [0.05, 0.1) is 28.4 Å². The molecule has 2 aromatic carbocycles. The van der Waals surface area contributed by atoms with Gasteiger partial charge in [0.2, 0.25) is 0 Å². The summed E-state index contributed by atoms with van der Waals surface area (Å²) in [6.07, 6.45) is 0.644. The molecule has 4 rings (SSSR count). The van der Waals surface area contributed by atoms with Gasteiger partial charge in [0.15, 0.2) is 0 Å². The maximum Gasteiger partial charge on any atom is 0.282 e. The number of amides is 1. The first kappa shape index (κ1) is 15.3. The minimum absolute atomic E-state index is 0.107. The third-order valence-electron chi connectivity index (χ3n) is 4.26. The summed E-state index contributed by atoms with van der Waals surface area (Å²) in [5.74, 6) is -0.107. The Labute approximate surface area is 146 Å². The zero-order valence-electron chi connectivity index (χ0n) is 14.2. The molecule has 5 nitrogen and oxygen atoms in total. The van der Waals surface area contributed by atoms with Gasteiger partial charge < -0.3 is 0 Å². The van der Waals surface area contributed by atoms with Gasteiger partial charge in [-0.2, -0.15) is 15.2 Å². The predicted molar refractivity (Wildman–Crippen MR) is 101 cm³/mol. The van der Waals surface area contributed by atoms with Crippen molar-refractivity contribution in [2.75, 3.05) is 10.0 Å². The highest BCUT2D eigenvalue weighted by Gasteiger charge is 2.35. The minimum atomic E-state index is -0.107. The van der Waals surface area contributed by atoms with Gasteiger partial charge in [-0.25, -0.2) is 5.01 Å². The van der Waals surface area contributed by atoms with Crippen LogP contribution >= 0.6 is 0 Å². The lowest BCUT2D eigenvalue weighted by molar-refractivity contribution is -0.114. The zero-order chi connectivity index (χ0) is 17.4. The largest absolute Gasteiger partial charge is 0.282 e. The number of hydrogen-bond acceptors (Lipinski definition) is 4. The fourth-order valence-electron chi connectivity index (χ4n) is 3.14. The van der Waals surface area contributed by atoms with Crippen molar-refractivity contribution in [1.82, 2.24) is 0 Å². The molecule has 0 N–H and O–H groups in total. The summed E-state index contributed by atoms with van der Waals surface area (Å²) in [5, 5.41) is 12.4. The van der Waals surface area contributed by atoms with E-state index in [1.165, 1.54) is 5.01 Å². The molecule has 0 aliphatic carbocycles. The molecule has 5 heteroatoms. The smallest absolute Gasteiger partial charge is 0.267 e. The lowest BCUT2D eigenvalue weighted by Crippen LogP contribution is -2.25. The van der Waals surface area contributed by atoms with Gasteiger partial charge >= 0.3 is 0 Å². The van der Waals surface area contributed by atoms with E-state index < -0.39 is 0 Å². The first-order valence-corrected chi connectivity index (χ1v) is 8.22. The fraction of sp³-hybridized carbons (Fsp3) is 0.150. The van der Waals surface area contributed by atoms with E-state index >= 15 is 0 Å². The number of rotatable bonds is 2. The number of carbonyl (C=O) groups is 1. The highest BCUT2D eigenvalue weighted by molar-refractivity contribution is 6.30. The Morgan fingerprint density at radius 1 is 0.800 bits per heavy atom. The van der Waals surface area contributed by atoms with E-state index in [1.54, 1.807) is 0 Å². The predicted octanol–water partition coefficient (Wildman–Crippen LogP) is 3.95. The Morgan fingerprint density at radius 2 is 1.36 bits per heavy atom. The normalized spacial score (nSPS) is 20.2. The van der Waals surface area contributed by atoms with E-state index in [0.29, 0.717) is 12.0 Å². The van der Waals surface area contributed by atoms with Crippen molar-refractivity contribution in [2.24, 2.45) is 10.2 Å². The molecule has 2 heterocycles. The summed E-state index contributed by atoms with van der Waals surface area (Å²) in [4.78, 5) is 13.1. The van der Waals surface area contributed by atoms with Crippen LogP contribution in [0.4, 0.5) is 11.4 Å². The summed E-state index contributed by atoms with van der Waals surface area (Å²) in [5.41, 5.74) is 4.92. The summed E-state index contributed by atoms with van der Waals surface area (Å²) in [6, 6.07) is 19.4. The average molecular weight is 330 g/mol. The van der Waals surface area contributed by atoms with E-state index in [2.05, 4.69) is 10.2 Å². The van der Waals surface area contributed by atoms with Gasteiger partial charge in [-0.05, 0) is 38.1 Å². The quantitative estimate of drug-likeness (QED) is 0.783. The molecule has 0 saturated carbocycles. The van der Waals surface area contributed by atoms with Crippen LogP contribution in [0.2, 0.25) is 0 Å². The number of anilines is 2. The number of benzene rings is 2. The van der Waals surface area contributed by atoms with Gasteiger partial charge in [0.1, 0.15) is 0 Å². The molecule has 1 amide bonds. The number of hydrogen-bond donors (Lipinski definition) is 0. The van der Waals surface area contributed by atoms with Gasteiger partial charge in [0, 0.05) is 12.1 Å². The highest BCUT2D eigenvalue weighted by Crippen LogP contribution is 2.33. The molecule has 25 heavy (non-hydrogen) atoms. The van der Waals surface area contributed by atoms with Crippen molar-refractivity contribution in [3.8, 4) is 0 Å². The number of hydrazone groups is 2. The third kappa shape index (κ3) is 2.63. The van der Waals surface area contributed by atoms with Crippen LogP contribution in [0.1, 0.15) is 20.3 Å². The van der Waals surface area contributed by atoms with Crippen molar-refractivity contribution in [2.45, 2.75) is 20.3 Å². The molecular weight excluding hydrogens is 312 g/mol. The Hall–Kier alpha value is -3.21. The van der Waals surface area contributed by atoms with Crippen molar-refractivity contribution < 1.29 is 4.79 Å². The molecule has 0 atom stereocenters. The van der Waals surface area contributed by atoms with Gasteiger partial charge in [-0.15, -0.1) is 0 Å². The van der Waals surface area contributed by atoms with Crippen LogP contribution in [0.25, 0.3) is 0 Å². The molecule has 0 unspecified atom stereocenters. The Kier molecular flexibility index (Phi) is 3.69. The Morgan fingerprint density at radius 3 is 1.96 bits per heavy atom. The molecule has 2 aromatic rings. The monoisotopic (exact) mass is 330 g/mol. The van der Waals surface area contributed by atoms with Gasteiger partial charge in [-0.1, -0.05) is 36.4 Å². The SMILES string of the molecule is CC1=NN(c2ccccc2)/C(=C2/C(=O)N(c3ccccc3)N=C2C)C1. The van der Waals surface area contributed by atoms with Gasteiger partial charge in [-0.3, -0.25) is 4.79 Å². The average Bonchev–Trinajstić information content (AvgIpc) is 3.15. The third-order valence-corrected chi connectivity index (χ3v) is 4.26. The molecule has 124 valence electrons. The lowest BCUT2D eigenvalue weighted by Gasteiger charge is -2.19. The second kappa shape index (κ2) is 6.02. The fourth-order valence-corrected chi connectivity index (χ4v) is 3.14. The lowest BCUT2D eigenvalue weighted by atomic mass is 10.1. The number of carbonyl (C=O) groups excluding carboxylic acids is 1. The summed E-state index contributed by atoms with van der Waals surface area (Å²) in [6.45, 7) is 3.85. The molecule has 0 radical (unpaired) electrons. The van der Waals surface area contributed by atoms with E-state index in [0.717, 1.165) is 28.5 Å². The topological polar surface area (TPSA) is 48.3 Å². The van der Waals surface area contributed by atoms with E-state index in [9.17, 15) is 4.79 Å². The number of nitrogens with zero attached hydrogens (tertiary/aromatic N) is 4. The number of para-hydroxylation sites is 2. The van der Waals surface area contributed by atoms with Gasteiger partial charge in [0.25, 0.3) is 5.91 Å². The number of allylic oxidation sites excluding steroid dienone is 1. The zero-order valence-corrected chi connectivity index (χ0v) is 14.2. The van der Waals surface area contributed by atoms with Crippen LogP contribution in [0.3, 0.4) is 0 Å². The minimum Gasteiger partial charge on any atom is -0.267 e. The first-order valence-electron chi connectivity index (χ1n) is 8.22. The standard InChI is InChI=1S/C20H18N4O/c1-14-13-18(23(21-14)16-9-5-3-6-10-16)19-15(2)22-24(20(19)25)17-11-7-4-8-12-17/h3-12H,13H2,1-2H3/b19-18+. The molecule has 0 spiro atoms. The van der Waals surface area contributed by atoms with Crippen LogP contribution in [0.15, 0.2) is 82.1 Å². The second-order valence-corrected chi connectivity index (χ2v) is 6.12. The molecule has 0 bridgehead atoms. The molecule has 2 aliphatic rings. The van der Waals surface area contributed by atoms with Crippen LogP contribution in [-0.2, 0) is 4.79 Å². The molecule has 0 aromatic heterocycles. The highest BCUT2D eigenvalue weighted by atomic mass is 16.2. The second-order valence-electron chi connectivity index (χ2n) is 6.12. The maximum absolute atomic E-state index is 13.1. The van der Waals surface area contributed by atoms with Crippen LogP contribution in [-0.4, -0.2) is 17.3 Å². The van der Waals surface area contributed by atoms with E-state index in [1.807, 2.05) is 79.5 Å². The van der Waals surface area contributed by atoms with Crippen molar-refractivity contribution in [3.63, 3.8) is 0 Å². The van der Waals surface area contributed by atoms with Crippen molar-refractivity contribution >= 4 is 28.7 Å². The Bertz CT molecular complexity index is 913. The Balaban J connectivity index is 1.78. The van der Waals surface area contributed by atoms with Crippen LogP contribution < -0.4 is 10.0 Å². The first-order chi connectivity index (χ1) is 12.1. The van der Waals surface area contributed by atoms with Crippen LogP contribution in [0, 0.1) is 0 Å². The van der Waals surface area contributed by atoms with Crippen molar-refractivity contribution in [3.05, 3.63) is 71.9 Å². The maximum atomic E-state index is 13.1. The molecule has 0 saturated heterocycles. The summed E-state index contributed by atoms with van der Waals surface area (Å²) >= 11 is 0. The molecule has 0 fully saturated rings. The molecule has 2 aliphatic heterocycles. The summed E-state index contributed by atoms with van der Waals surface area (Å²) < 4.78 is 0.